The Hall–Kier alpha value is -0.0900. The van der Waals surface area contributed by atoms with Gasteiger partial charge in [-0.25, -0.2) is 0 Å². The fourth-order valence-corrected chi connectivity index (χ4v) is 3.23. The summed E-state index contributed by atoms with van der Waals surface area (Å²) in [4.78, 5) is 0.952. The van der Waals surface area contributed by atoms with E-state index in [1.54, 1.807) is 0 Å². The lowest BCUT2D eigenvalue weighted by Gasteiger charge is -2.19. The quantitative estimate of drug-likeness (QED) is 0.796. The molecule has 2 atom stereocenters. The molecule has 1 aliphatic rings. The van der Waals surface area contributed by atoms with E-state index in [1.165, 1.54) is 37.0 Å². The molecule has 0 amide bonds. The number of aliphatic hydroxyl groups is 1. The largest absolute Gasteiger partial charge is 0.386 e. The zero-order chi connectivity index (χ0) is 12.3. The normalized spacial score (nSPS) is 19.2. The number of aliphatic hydroxyl groups excluding tert-OH is 1. The van der Waals surface area contributed by atoms with Crippen LogP contribution in [0.3, 0.4) is 0 Å². The summed E-state index contributed by atoms with van der Waals surface area (Å²) in [6, 6.07) is 4.34. The second-order valence-electron chi connectivity index (χ2n) is 4.80. The number of halogens is 1. The highest BCUT2D eigenvalue weighted by Crippen LogP contribution is 2.35. The summed E-state index contributed by atoms with van der Waals surface area (Å²) in [5.41, 5.74) is 0. The van der Waals surface area contributed by atoms with Gasteiger partial charge in [0, 0.05) is 17.5 Å². The number of rotatable bonds is 7. The highest BCUT2D eigenvalue weighted by atomic mass is 35.5. The Kier molecular flexibility index (Phi) is 4.86. The van der Waals surface area contributed by atoms with Crippen LogP contribution in [0.4, 0.5) is 0 Å². The molecule has 2 rings (SSSR count). The maximum Gasteiger partial charge on any atom is 0.101 e. The molecule has 1 aromatic heterocycles. The lowest BCUT2D eigenvalue weighted by atomic mass is 10.1. The van der Waals surface area contributed by atoms with Gasteiger partial charge in [-0.1, -0.05) is 24.9 Å². The Bertz CT molecular complexity index is 351. The molecule has 1 heterocycles. The Morgan fingerprint density at radius 1 is 1.53 bits per heavy atom. The van der Waals surface area contributed by atoms with Gasteiger partial charge in [0.15, 0.2) is 0 Å². The van der Waals surface area contributed by atoms with E-state index < -0.39 is 6.10 Å². The number of thiophene rings is 1. The number of hydrogen-bond acceptors (Lipinski definition) is 3. The van der Waals surface area contributed by atoms with E-state index >= 15 is 0 Å². The molecule has 0 spiro atoms. The van der Waals surface area contributed by atoms with E-state index in [9.17, 15) is 5.11 Å². The van der Waals surface area contributed by atoms with Crippen molar-refractivity contribution in [2.24, 2.45) is 5.92 Å². The van der Waals surface area contributed by atoms with Gasteiger partial charge in [-0.05, 0) is 37.3 Å². The topological polar surface area (TPSA) is 32.3 Å². The van der Waals surface area contributed by atoms with Crippen molar-refractivity contribution in [2.45, 2.75) is 44.8 Å². The first kappa shape index (κ1) is 13.3. The Morgan fingerprint density at radius 2 is 2.29 bits per heavy atom. The van der Waals surface area contributed by atoms with Gasteiger partial charge in [0.05, 0.1) is 4.34 Å². The second kappa shape index (κ2) is 6.19. The average molecular weight is 274 g/mol. The molecular formula is C13H20ClNOS. The monoisotopic (exact) mass is 273 g/mol. The van der Waals surface area contributed by atoms with Crippen LogP contribution in [-0.2, 0) is 0 Å². The van der Waals surface area contributed by atoms with E-state index in [0.717, 1.165) is 15.1 Å². The van der Waals surface area contributed by atoms with E-state index in [4.69, 9.17) is 11.6 Å². The summed E-state index contributed by atoms with van der Waals surface area (Å²) in [5.74, 6) is 0.842. The molecule has 1 aromatic rings. The molecule has 2 nitrogen and oxygen atoms in total. The van der Waals surface area contributed by atoms with Gasteiger partial charge in [0.2, 0.25) is 0 Å². The third kappa shape index (κ3) is 3.95. The lowest BCUT2D eigenvalue weighted by molar-refractivity contribution is 0.170. The minimum atomic E-state index is -0.425. The van der Waals surface area contributed by atoms with Crippen LogP contribution in [-0.4, -0.2) is 17.7 Å². The van der Waals surface area contributed by atoms with Crippen LogP contribution in [0.25, 0.3) is 0 Å². The van der Waals surface area contributed by atoms with Gasteiger partial charge in [0.25, 0.3) is 0 Å². The summed E-state index contributed by atoms with van der Waals surface area (Å²) in [5, 5.41) is 13.5. The summed E-state index contributed by atoms with van der Waals surface area (Å²) < 4.78 is 0.742. The van der Waals surface area contributed by atoms with Gasteiger partial charge in [-0.2, -0.15) is 0 Å². The zero-order valence-electron chi connectivity index (χ0n) is 10.2. The van der Waals surface area contributed by atoms with Crippen LogP contribution in [0, 0.1) is 5.92 Å². The van der Waals surface area contributed by atoms with E-state index in [1.807, 2.05) is 12.1 Å². The smallest absolute Gasteiger partial charge is 0.101 e. The molecular weight excluding hydrogens is 254 g/mol. The minimum Gasteiger partial charge on any atom is -0.386 e. The SMILES string of the molecule is CCCC(NCC(O)c1ccc(Cl)s1)C1CC1. The van der Waals surface area contributed by atoms with Crippen molar-refractivity contribution in [3.05, 3.63) is 21.3 Å². The third-order valence-corrected chi connectivity index (χ3v) is 4.62. The molecule has 0 aromatic carbocycles. The first-order valence-corrected chi connectivity index (χ1v) is 7.56. The summed E-state index contributed by atoms with van der Waals surface area (Å²) in [6.45, 7) is 2.85. The first-order chi connectivity index (χ1) is 8.20. The van der Waals surface area contributed by atoms with Crippen molar-refractivity contribution in [3.8, 4) is 0 Å². The second-order valence-corrected chi connectivity index (χ2v) is 6.55. The van der Waals surface area contributed by atoms with E-state index in [0.29, 0.717) is 12.6 Å². The van der Waals surface area contributed by atoms with E-state index in [2.05, 4.69) is 12.2 Å². The molecule has 2 unspecified atom stereocenters. The molecule has 0 bridgehead atoms. The molecule has 0 aliphatic heterocycles. The molecule has 1 aliphatic carbocycles. The van der Waals surface area contributed by atoms with Crippen LogP contribution in [0.1, 0.15) is 43.6 Å². The van der Waals surface area contributed by atoms with Crippen LogP contribution >= 0.6 is 22.9 Å². The maximum atomic E-state index is 10.0. The Morgan fingerprint density at radius 3 is 2.82 bits per heavy atom. The molecule has 0 radical (unpaired) electrons. The van der Waals surface area contributed by atoms with Gasteiger partial charge in [-0.3, -0.25) is 0 Å². The lowest BCUT2D eigenvalue weighted by Crippen LogP contribution is -2.34. The standard InChI is InChI=1S/C13H20ClNOS/c1-2-3-10(9-4-5-9)15-8-11(16)12-6-7-13(14)17-12/h6-7,9-11,15-16H,2-5,8H2,1H3. The van der Waals surface area contributed by atoms with Crippen molar-refractivity contribution in [1.29, 1.82) is 0 Å². The van der Waals surface area contributed by atoms with Gasteiger partial charge in [0.1, 0.15) is 6.10 Å². The molecule has 17 heavy (non-hydrogen) atoms. The molecule has 2 N–H and O–H groups in total. The van der Waals surface area contributed by atoms with Crippen molar-refractivity contribution in [3.63, 3.8) is 0 Å². The first-order valence-electron chi connectivity index (χ1n) is 6.37. The Labute approximate surface area is 112 Å². The van der Waals surface area contributed by atoms with Crippen LogP contribution in [0.5, 0.6) is 0 Å². The van der Waals surface area contributed by atoms with Gasteiger partial charge >= 0.3 is 0 Å². The fourth-order valence-electron chi connectivity index (χ4n) is 2.18. The van der Waals surface area contributed by atoms with Crippen LogP contribution in [0.15, 0.2) is 12.1 Å². The molecule has 1 fully saturated rings. The van der Waals surface area contributed by atoms with Crippen molar-refractivity contribution in [2.75, 3.05) is 6.54 Å². The zero-order valence-corrected chi connectivity index (χ0v) is 11.7. The summed E-state index contributed by atoms with van der Waals surface area (Å²) >= 11 is 7.32. The van der Waals surface area contributed by atoms with Crippen LogP contribution in [0.2, 0.25) is 4.34 Å². The molecule has 4 heteroatoms. The average Bonchev–Trinajstić information content (AvgIpc) is 3.06. The van der Waals surface area contributed by atoms with Crippen molar-refractivity contribution < 1.29 is 5.11 Å². The summed E-state index contributed by atoms with van der Waals surface area (Å²) in [6.07, 6.45) is 4.68. The van der Waals surface area contributed by atoms with Gasteiger partial charge < -0.3 is 10.4 Å². The third-order valence-electron chi connectivity index (χ3n) is 3.29. The van der Waals surface area contributed by atoms with E-state index in [-0.39, 0.29) is 0 Å². The number of nitrogens with one attached hydrogen (secondary N) is 1. The van der Waals surface area contributed by atoms with Crippen LogP contribution < -0.4 is 5.32 Å². The van der Waals surface area contributed by atoms with Gasteiger partial charge in [-0.15, -0.1) is 11.3 Å². The maximum absolute atomic E-state index is 10.0. The predicted molar refractivity (Wildman–Crippen MR) is 73.7 cm³/mol. The molecule has 0 saturated heterocycles. The predicted octanol–water partition coefficient (Wildman–Crippen LogP) is 3.60. The highest BCUT2D eigenvalue weighted by molar-refractivity contribution is 7.16. The molecule has 1 saturated carbocycles. The summed E-state index contributed by atoms with van der Waals surface area (Å²) in [7, 11) is 0. The molecule has 96 valence electrons. The number of hydrogen-bond donors (Lipinski definition) is 2. The van der Waals surface area contributed by atoms with Crippen molar-refractivity contribution >= 4 is 22.9 Å². The highest BCUT2D eigenvalue weighted by Gasteiger charge is 2.30. The van der Waals surface area contributed by atoms with Crippen molar-refractivity contribution in [1.82, 2.24) is 5.32 Å². The Balaban J connectivity index is 1.79. The minimum absolute atomic E-state index is 0.425. The fraction of sp³-hybridized carbons (Fsp3) is 0.692.